The van der Waals surface area contributed by atoms with Gasteiger partial charge in [-0.15, -0.1) is 0 Å². The van der Waals surface area contributed by atoms with E-state index in [2.05, 4.69) is 44.7 Å². The number of rotatable bonds is 4. The number of benzene rings is 2. The van der Waals surface area contributed by atoms with Crippen LogP contribution in [0.25, 0.3) is 11.3 Å². The molecule has 5 heteroatoms. The molecule has 1 heterocycles. The predicted molar refractivity (Wildman–Crippen MR) is 89.7 cm³/mol. The van der Waals surface area contributed by atoms with Gasteiger partial charge in [-0.3, -0.25) is 5.10 Å². The van der Waals surface area contributed by atoms with E-state index in [0.29, 0.717) is 0 Å². The monoisotopic (exact) mass is 294 g/mol. The summed E-state index contributed by atoms with van der Waals surface area (Å²) >= 11 is 0. The molecule has 5 nitrogen and oxygen atoms in total. The van der Waals surface area contributed by atoms with Gasteiger partial charge in [-0.25, -0.2) is 0 Å². The van der Waals surface area contributed by atoms with Crippen molar-refractivity contribution in [1.29, 1.82) is 0 Å². The summed E-state index contributed by atoms with van der Waals surface area (Å²) in [6.07, 6.45) is 0. The van der Waals surface area contributed by atoms with Gasteiger partial charge < -0.3 is 15.3 Å². The standard InChI is InChI=1S/C17H18N4O/c1-21(2)14-7-3-12(4-8-14)16-11-17(20-19-16)18-13-5-9-15(22)10-6-13/h3-11,22H,1-2H3,(H2,18,19,20). The van der Waals surface area contributed by atoms with Crippen molar-refractivity contribution in [1.82, 2.24) is 10.2 Å². The van der Waals surface area contributed by atoms with Crippen molar-refractivity contribution in [2.24, 2.45) is 0 Å². The molecule has 0 radical (unpaired) electrons. The molecule has 0 bridgehead atoms. The third kappa shape index (κ3) is 3.03. The largest absolute Gasteiger partial charge is 0.508 e. The van der Waals surface area contributed by atoms with Gasteiger partial charge in [-0.2, -0.15) is 5.10 Å². The Morgan fingerprint density at radius 3 is 2.32 bits per heavy atom. The summed E-state index contributed by atoms with van der Waals surface area (Å²) in [5.74, 6) is 0.978. The van der Waals surface area contributed by atoms with E-state index in [4.69, 9.17) is 0 Å². The maximum Gasteiger partial charge on any atom is 0.152 e. The topological polar surface area (TPSA) is 64.2 Å². The molecule has 0 saturated heterocycles. The number of H-pyrrole nitrogens is 1. The first-order chi connectivity index (χ1) is 10.6. The van der Waals surface area contributed by atoms with E-state index < -0.39 is 0 Å². The lowest BCUT2D eigenvalue weighted by atomic mass is 10.1. The fraction of sp³-hybridized carbons (Fsp3) is 0.118. The highest BCUT2D eigenvalue weighted by Crippen LogP contribution is 2.24. The van der Waals surface area contributed by atoms with Crippen LogP contribution in [0.4, 0.5) is 17.2 Å². The van der Waals surface area contributed by atoms with E-state index in [9.17, 15) is 5.11 Å². The van der Waals surface area contributed by atoms with Crippen LogP contribution in [-0.4, -0.2) is 29.4 Å². The number of phenols is 1. The van der Waals surface area contributed by atoms with Gasteiger partial charge >= 0.3 is 0 Å². The van der Waals surface area contributed by atoms with Crippen LogP contribution < -0.4 is 10.2 Å². The van der Waals surface area contributed by atoms with Gasteiger partial charge in [0, 0.05) is 31.5 Å². The molecule has 3 rings (SSSR count). The first-order valence-electron chi connectivity index (χ1n) is 7.01. The number of phenolic OH excluding ortho intramolecular Hbond substituents is 1. The third-order valence-electron chi connectivity index (χ3n) is 3.41. The number of aromatic amines is 1. The average Bonchev–Trinajstić information content (AvgIpc) is 2.98. The molecule has 0 unspecified atom stereocenters. The van der Waals surface area contributed by atoms with E-state index in [1.165, 1.54) is 0 Å². The zero-order chi connectivity index (χ0) is 15.5. The SMILES string of the molecule is CN(C)c1ccc(-c2cc(Nc3ccc(O)cc3)n[nH]2)cc1. The second-order valence-electron chi connectivity index (χ2n) is 5.28. The Kier molecular flexibility index (Phi) is 3.70. The molecule has 0 aliphatic rings. The molecule has 0 aliphatic carbocycles. The summed E-state index contributed by atoms with van der Waals surface area (Å²) in [7, 11) is 4.04. The minimum absolute atomic E-state index is 0.245. The van der Waals surface area contributed by atoms with Crippen LogP contribution in [0.5, 0.6) is 5.75 Å². The Balaban J connectivity index is 1.77. The van der Waals surface area contributed by atoms with Gasteiger partial charge in [0.25, 0.3) is 0 Å². The maximum atomic E-state index is 9.28. The van der Waals surface area contributed by atoms with Crippen LogP contribution in [-0.2, 0) is 0 Å². The molecule has 1 aromatic heterocycles. The first kappa shape index (κ1) is 14.0. The van der Waals surface area contributed by atoms with Crippen molar-refractivity contribution in [2.75, 3.05) is 24.3 Å². The molecule has 0 atom stereocenters. The van der Waals surface area contributed by atoms with Gasteiger partial charge in [-0.1, -0.05) is 12.1 Å². The highest BCUT2D eigenvalue weighted by molar-refractivity contribution is 5.67. The van der Waals surface area contributed by atoms with E-state index in [1.54, 1.807) is 24.3 Å². The van der Waals surface area contributed by atoms with Crippen LogP contribution in [0.15, 0.2) is 54.6 Å². The summed E-state index contributed by atoms with van der Waals surface area (Å²) in [6.45, 7) is 0. The Morgan fingerprint density at radius 1 is 1.00 bits per heavy atom. The van der Waals surface area contributed by atoms with Crippen molar-refractivity contribution < 1.29 is 5.11 Å². The molecule has 0 spiro atoms. The minimum Gasteiger partial charge on any atom is -0.508 e. The van der Waals surface area contributed by atoms with Gasteiger partial charge in [0.2, 0.25) is 0 Å². The fourth-order valence-electron chi connectivity index (χ4n) is 2.17. The molecular formula is C17H18N4O. The molecule has 3 N–H and O–H groups in total. The minimum atomic E-state index is 0.245. The van der Waals surface area contributed by atoms with Gasteiger partial charge in [0.1, 0.15) is 5.75 Å². The molecule has 2 aromatic carbocycles. The highest BCUT2D eigenvalue weighted by Gasteiger charge is 2.05. The predicted octanol–water partition coefficient (Wildman–Crippen LogP) is 3.59. The molecule has 22 heavy (non-hydrogen) atoms. The van der Waals surface area contributed by atoms with Crippen LogP contribution in [0.1, 0.15) is 0 Å². The number of nitrogens with one attached hydrogen (secondary N) is 2. The average molecular weight is 294 g/mol. The van der Waals surface area contributed by atoms with E-state index >= 15 is 0 Å². The molecule has 0 fully saturated rings. The number of anilines is 3. The number of aromatic nitrogens is 2. The van der Waals surface area contributed by atoms with Crippen molar-refractivity contribution in [3.8, 4) is 17.0 Å². The highest BCUT2D eigenvalue weighted by atomic mass is 16.3. The van der Waals surface area contributed by atoms with Crippen LogP contribution >= 0.6 is 0 Å². The van der Waals surface area contributed by atoms with Crippen molar-refractivity contribution in [2.45, 2.75) is 0 Å². The molecule has 0 amide bonds. The summed E-state index contributed by atoms with van der Waals surface area (Å²) in [4.78, 5) is 2.06. The molecule has 0 aliphatic heterocycles. The number of nitrogens with zero attached hydrogens (tertiary/aromatic N) is 2. The third-order valence-corrected chi connectivity index (χ3v) is 3.41. The number of hydrogen-bond donors (Lipinski definition) is 3. The van der Waals surface area contributed by atoms with Crippen LogP contribution in [0, 0.1) is 0 Å². The summed E-state index contributed by atoms with van der Waals surface area (Å²) in [5, 5.41) is 19.8. The first-order valence-corrected chi connectivity index (χ1v) is 7.01. The Hall–Kier alpha value is -2.95. The zero-order valence-electron chi connectivity index (χ0n) is 12.5. The molecular weight excluding hydrogens is 276 g/mol. The van der Waals surface area contributed by atoms with Crippen LogP contribution in [0.2, 0.25) is 0 Å². The lowest BCUT2D eigenvalue weighted by Gasteiger charge is -2.12. The van der Waals surface area contributed by atoms with Gasteiger partial charge in [-0.05, 0) is 42.0 Å². The Bertz CT molecular complexity index is 745. The normalized spacial score (nSPS) is 10.5. The van der Waals surface area contributed by atoms with E-state index in [-0.39, 0.29) is 5.75 Å². The van der Waals surface area contributed by atoms with Crippen molar-refractivity contribution in [3.63, 3.8) is 0 Å². The number of aromatic hydroxyl groups is 1. The number of hydrogen-bond acceptors (Lipinski definition) is 4. The zero-order valence-corrected chi connectivity index (χ0v) is 12.5. The Labute approximate surface area is 129 Å². The maximum absolute atomic E-state index is 9.28. The van der Waals surface area contributed by atoms with Gasteiger partial charge in [0.15, 0.2) is 5.82 Å². The quantitative estimate of drug-likeness (QED) is 0.643. The second kappa shape index (κ2) is 5.81. The van der Waals surface area contributed by atoms with Crippen LogP contribution in [0.3, 0.4) is 0 Å². The van der Waals surface area contributed by atoms with Gasteiger partial charge in [0.05, 0.1) is 5.69 Å². The summed E-state index contributed by atoms with van der Waals surface area (Å²) in [6, 6.07) is 17.1. The molecule has 0 saturated carbocycles. The lowest BCUT2D eigenvalue weighted by molar-refractivity contribution is 0.475. The summed E-state index contributed by atoms with van der Waals surface area (Å²) < 4.78 is 0. The summed E-state index contributed by atoms with van der Waals surface area (Å²) in [5.41, 5.74) is 4.06. The molecule has 112 valence electrons. The Morgan fingerprint density at radius 2 is 1.68 bits per heavy atom. The second-order valence-corrected chi connectivity index (χ2v) is 5.28. The smallest absolute Gasteiger partial charge is 0.152 e. The molecule has 3 aromatic rings. The van der Waals surface area contributed by atoms with E-state index in [1.807, 2.05) is 20.2 Å². The van der Waals surface area contributed by atoms with Crippen molar-refractivity contribution >= 4 is 17.2 Å². The lowest BCUT2D eigenvalue weighted by Crippen LogP contribution is -2.07. The van der Waals surface area contributed by atoms with E-state index in [0.717, 1.165) is 28.5 Å². The van der Waals surface area contributed by atoms with Crippen molar-refractivity contribution in [3.05, 3.63) is 54.6 Å². The fourth-order valence-corrected chi connectivity index (χ4v) is 2.17.